The third-order valence-corrected chi connectivity index (χ3v) is 5.92. The van der Waals surface area contributed by atoms with E-state index in [1.165, 1.54) is 11.0 Å². The van der Waals surface area contributed by atoms with Crippen LogP contribution in [0.3, 0.4) is 0 Å². The Morgan fingerprint density at radius 3 is 2.32 bits per heavy atom. The number of nitrogens with zero attached hydrogens (tertiary/aromatic N) is 1. The number of phenolic OH excluding ortho intramolecular Hbond substituents is 1. The summed E-state index contributed by atoms with van der Waals surface area (Å²) in [5.74, 6) is -1.29. The van der Waals surface area contributed by atoms with Crippen LogP contribution in [0.2, 0.25) is 0 Å². The molecule has 4 rings (SSSR count). The summed E-state index contributed by atoms with van der Waals surface area (Å²) in [7, 11) is 0. The van der Waals surface area contributed by atoms with Gasteiger partial charge in [-0.1, -0.05) is 43.0 Å². The Hall–Kier alpha value is -3.32. The van der Waals surface area contributed by atoms with Crippen LogP contribution in [0, 0.1) is 0 Å². The standard InChI is InChI=1S/C23H22ClN3O4/c24-19-20(23(31)27(22(19)30)16-6-2-1-3-7-16)25-15-12-10-14(11-13-15)21(29)26-17-8-4-5-9-18(17)28/h4-5,8-13,16,25,28H,1-3,6-7H2,(H,26,29). The lowest BCUT2D eigenvalue weighted by atomic mass is 9.94. The summed E-state index contributed by atoms with van der Waals surface area (Å²) in [6.45, 7) is 0. The number of phenols is 1. The third kappa shape index (κ3) is 4.27. The average molecular weight is 440 g/mol. The Morgan fingerprint density at radius 1 is 0.968 bits per heavy atom. The van der Waals surface area contributed by atoms with E-state index in [4.69, 9.17) is 11.6 Å². The van der Waals surface area contributed by atoms with E-state index < -0.39 is 11.8 Å². The number of aromatic hydroxyl groups is 1. The van der Waals surface area contributed by atoms with Gasteiger partial charge in [-0.2, -0.15) is 0 Å². The molecule has 3 N–H and O–H groups in total. The van der Waals surface area contributed by atoms with Gasteiger partial charge in [0, 0.05) is 17.3 Å². The second kappa shape index (κ2) is 8.81. The number of imide groups is 1. The van der Waals surface area contributed by atoms with Crippen LogP contribution < -0.4 is 10.6 Å². The maximum atomic E-state index is 12.9. The summed E-state index contributed by atoms with van der Waals surface area (Å²) < 4.78 is 0. The number of para-hydroxylation sites is 2. The van der Waals surface area contributed by atoms with E-state index in [-0.39, 0.29) is 28.4 Å². The van der Waals surface area contributed by atoms with Gasteiger partial charge in [0.1, 0.15) is 16.5 Å². The number of anilines is 2. The van der Waals surface area contributed by atoms with Crippen LogP contribution in [0.4, 0.5) is 11.4 Å². The molecule has 0 saturated heterocycles. The van der Waals surface area contributed by atoms with Gasteiger partial charge in [0.25, 0.3) is 17.7 Å². The van der Waals surface area contributed by atoms with Gasteiger partial charge in [-0.25, -0.2) is 0 Å². The van der Waals surface area contributed by atoms with Crippen molar-refractivity contribution in [2.24, 2.45) is 0 Å². The van der Waals surface area contributed by atoms with E-state index in [1.54, 1.807) is 42.5 Å². The first-order valence-corrected chi connectivity index (χ1v) is 10.6. The van der Waals surface area contributed by atoms with Crippen LogP contribution in [0.15, 0.2) is 59.3 Å². The topological polar surface area (TPSA) is 98.7 Å². The molecule has 7 nitrogen and oxygen atoms in total. The molecule has 31 heavy (non-hydrogen) atoms. The number of amides is 3. The molecule has 0 radical (unpaired) electrons. The predicted octanol–water partition coefficient (Wildman–Crippen LogP) is 4.21. The van der Waals surface area contributed by atoms with E-state index in [9.17, 15) is 19.5 Å². The lowest BCUT2D eigenvalue weighted by Gasteiger charge is -2.29. The molecular weight excluding hydrogens is 418 g/mol. The molecule has 0 atom stereocenters. The van der Waals surface area contributed by atoms with Crippen molar-refractivity contribution in [2.45, 2.75) is 38.1 Å². The van der Waals surface area contributed by atoms with Crippen molar-refractivity contribution in [1.82, 2.24) is 4.90 Å². The molecule has 3 amide bonds. The molecule has 160 valence electrons. The zero-order valence-corrected chi connectivity index (χ0v) is 17.5. The van der Waals surface area contributed by atoms with E-state index >= 15 is 0 Å². The summed E-state index contributed by atoms with van der Waals surface area (Å²) in [6, 6.07) is 12.7. The summed E-state index contributed by atoms with van der Waals surface area (Å²) in [4.78, 5) is 39.1. The lowest BCUT2D eigenvalue weighted by molar-refractivity contribution is -0.140. The van der Waals surface area contributed by atoms with Gasteiger partial charge in [0.15, 0.2) is 0 Å². The number of carbonyl (C=O) groups is 3. The van der Waals surface area contributed by atoms with E-state index in [2.05, 4.69) is 10.6 Å². The maximum Gasteiger partial charge on any atom is 0.279 e. The maximum absolute atomic E-state index is 12.9. The number of hydrogen-bond donors (Lipinski definition) is 3. The van der Waals surface area contributed by atoms with Gasteiger partial charge >= 0.3 is 0 Å². The largest absolute Gasteiger partial charge is 0.506 e. The molecule has 0 spiro atoms. The molecule has 1 aliphatic heterocycles. The van der Waals surface area contributed by atoms with Crippen LogP contribution in [-0.4, -0.2) is 33.8 Å². The predicted molar refractivity (Wildman–Crippen MR) is 118 cm³/mol. The van der Waals surface area contributed by atoms with Crippen molar-refractivity contribution in [1.29, 1.82) is 0 Å². The minimum Gasteiger partial charge on any atom is -0.506 e. The van der Waals surface area contributed by atoms with Crippen molar-refractivity contribution in [3.8, 4) is 5.75 Å². The Balaban J connectivity index is 1.45. The quantitative estimate of drug-likeness (QED) is 0.479. The summed E-state index contributed by atoms with van der Waals surface area (Å²) >= 11 is 6.19. The fourth-order valence-electron chi connectivity index (χ4n) is 3.92. The molecule has 1 fully saturated rings. The normalized spacial score (nSPS) is 17.3. The van der Waals surface area contributed by atoms with E-state index in [1.807, 2.05) is 0 Å². The molecule has 2 aliphatic rings. The van der Waals surface area contributed by atoms with Crippen LogP contribution in [0.25, 0.3) is 0 Å². The lowest BCUT2D eigenvalue weighted by Crippen LogP contribution is -2.42. The van der Waals surface area contributed by atoms with Crippen molar-refractivity contribution in [2.75, 3.05) is 10.6 Å². The first-order valence-electron chi connectivity index (χ1n) is 10.2. The molecule has 1 heterocycles. The summed E-state index contributed by atoms with van der Waals surface area (Å²) in [6.07, 6.45) is 4.70. The Bertz CT molecular complexity index is 1060. The van der Waals surface area contributed by atoms with Crippen molar-refractivity contribution in [3.63, 3.8) is 0 Å². The monoisotopic (exact) mass is 439 g/mol. The fourth-order valence-corrected chi connectivity index (χ4v) is 4.14. The summed E-state index contributed by atoms with van der Waals surface area (Å²) in [5, 5.41) is 15.2. The zero-order valence-electron chi connectivity index (χ0n) is 16.7. The number of carbonyl (C=O) groups excluding carboxylic acids is 3. The SMILES string of the molecule is O=C(Nc1ccccc1O)c1ccc(NC2=C(Cl)C(=O)N(C3CCCCC3)C2=O)cc1. The van der Waals surface area contributed by atoms with E-state index in [0.29, 0.717) is 16.9 Å². The van der Waals surface area contributed by atoms with Crippen LogP contribution in [0.1, 0.15) is 42.5 Å². The molecule has 2 aromatic carbocycles. The zero-order chi connectivity index (χ0) is 22.0. The third-order valence-electron chi connectivity index (χ3n) is 5.57. The van der Waals surface area contributed by atoms with Crippen molar-refractivity contribution < 1.29 is 19.5 Å². The Kier molecular flexibility index (Phi) is 5.95. The van der Waals surface area contributed by atoms with Gasteiger partial charge in [-0.05, 0) is 49.2 Å². The van der Waals surface area contributed by atoms with Crippen LogP contribution >= 0.6 is 11.6 Å². The van der Waals surface area contributed by atoms with Crippen LogP contribution in [0.5, 0.6) is 5.75 Å². The van der Waals surface area contributed by atoms with Gasteiger partial charge in [-0.3, -0.25) is 19.3 Å². The molecular formula is C23H22ClN3O4. The molecule has 1 aliphatic carbocycles. The van der Waals surface area contributed by atoms with Gasteiger partial charge in [0.2, 0.25) is 0 Å². The second-order valence-electron chi connectivity index (χ2n) is 7.63. The minimum absolute atomic E-state index is 0.0253. The number of nitrogens with one attached hydrogen (secondary N) is 2. The molecule has 1 saturated carbocycles. The number of benzene rings is 2. The van der Waals surface area contributed by atoms with Crippen molar-refractivity contribution in [3.05, 3.63) is 64.8 Å². The Labute approximate surface area is 184 Å². The smallest absolute Gasteiger partial charge is 0.279 e. The number of rotatable bonds is 5. The second-order valence-corrected chi connectivity index (χ2v) is 8.01. The molecule has 0 bridgehead atoms. The highest BCUT2D eigenvalue weighted by molar-refractivity contribution is 6.48. The molecule has 2 aromatic rings. The van der Waals surface area contributed by atoms with E-state index in [0.717, 1.165) is 32.1 Å². The minimum atomic E-state index is -0.459. The molecule has 8 heteroatoms. The van der Waals surface area contributed by atoms with Crippen LogP contribution in [-0.2, 0) is 9.59 Å². The van der Waals surface area contributed by atoms with Gasteiger partial charge in [0.05, 0.1) is 5.69 Å². The molecule has 0 unspecified atom stereocenters. The summed E-state index contributed by atoms with van der Waals surface area (Å²) in [5.41, 5.74) is 1.26. The highest BCUT2D eigenvalue weighted by atomic mass is 35.5. The fraction of sp³-hybridized carbons (Fsp3) is 0.261. The average Bonchev–Trinajstić information content (AvgIpc) is 2.99. The number of halogens is 1. The Morgan fingerprint density at radius 2 is 1.65 bits per heavy atom. The highest BCUT2D eigenvalue weighted by Gasteiger charge is 2.42. The first-order chi connectivity index (χ1) is 15.0. The highest BCUT2D eigenvalue weighted by Crippen LogP contribution is 2.32. The van der Waals surface area contributed by atoms with Gasteiger partial charge in [-0.15, -0.1) is 0 Å². The first kappa shape index (κ1) is 20.9. The van der Waals surface area contributed by atoms with Crippen molar-refractivity contribution >= 4 is 40.7 Å². The van der Waals surface area contributed by atoms with Gasteiger partial charge < -0.3 is 15.7 Å². The molecule has 0 aromatic heterocycles. The number of hydrogen-bond acceptors (Lipinski definition) is 5.